The molecule has 0 spiro atoms. The molecule has 1 nitrogen and oxygen atoms in total. The summed E-state index contributed by atoms with van der Waals surface area (Å²) in [4.78, 5) is 0. The van der Waals surface area contributed by atoms with Crippen molar-refractivity contribution in [3.05, 3.63) is 0 Å². The first-order valence-corrected chi connectivity index (χ1v) is 18.8. The molecular formula is C18H45NSi3. The van der Waals surface area contributed by atoms with E-state index in [0.29, 0.717) is 0 Å². The summed E-state index contributed by atoms with van der Waals surface area (Å²) in [6, 6.07) is 1.52. The van der Waals surface area contributed by atoms with Crippen LogP contribution in [0.15, 0.2) is 0 Å². The lowest BCUT2D eigenvalue weighted by Crippen LogP contribution is -2.59. The highest BCUT2D eigenvalue weighted by molar-refractivity contribution is 6.89. The molecule has 0 aliphatic carbocycles. The first-order valence-electron chi connectivity index (χ1n) is 9.45. The van der Waals surface area contributed by atoms with Crippen LogP contribution < -0.4 is 0 Å². The molecule has 0 amide bonds. The Bertz CT molecular complexity index is 288. The molecule has 4 heteroatoms. The highest BCUT2D eigenvalue weighted by Crippen LogP contribution is 2.45. The second-order valence-corrected chi connectivity index (χ2v) is 26.6. The van der Waals surface area contributed by atoms with Crippen molar-refractivity contribution in [2.24, 2.45) is 0 Å². The number of rotatable bonds is 9. The average Bonchev–Trinajstić information content (AvgIpc) is 2.23. The summed E-state index contributed by atoms with van der Waals surface area (Å²) < 4.78 is 2.97. The van der Waals surface area contributed by atoms with Gasteiger partial charge in [-0.1, -0.05) is 103 Å². The van der Waals surface area contributed by atoms with Crippen molar-refractivity contribution in [1.82, 2.24) is 4.23 Å². The van der Waals surface area contributed by atoms with E-state index >= 15 is 0 Å². The van der Waals surface area contributed by atoms with Gasteiger partial charge in [0.05, 0.1) is 8.07 Å². The topological polar surface area (TPSA) is 3.24 Å². The summed E-state index contributed by atoms with van der Waals surface area (Å²) in [7, 11) is -3.59. The van der Waals surface area contributed by atoms with Gasteiger partial charge in [0, 0.05) is 0 Å². The molecule has 0 fully saturated rings. The van der Waals surface area contributed by atoms with E-state index in [2.05, 4.69) is 85.1 Å². The molecule has 0 saturated carbocycles. The fraction of sp³-hybridized carbons (Fsp3) is 1.00. The summed E-state index contributed by atoms with van der Waals surface area (Å²) in [5.74, 6) is 0. The predicted molar refractivity (Wildman–Crippen MR) is 114 cm³/mol. The van der Waals surface area contributed by atoms with Gasteiger partial charge in [0.25, 0.3) is 0 Å². The summed E-state index contributed by atoms with van der Waals surface area (Å²) in [6.45, 7) is 31.5. The minimum atomic E-state index is -1.21. The molecule has 0 bridgehead atoms. The van der Waals surface area contributed by atoms with Crippen molar-refractivity contribution in [2.45, 2.75) is 110 Å². The van der Waals surface area contributed by atoms with E-state index in [4.69, 9.17) is 0 Å². The smallest absolute Gasteiger partial charge is 0.112 e. The zero-order chi connectivity index (χ0) is 17.9. The van der Waals surface area contributed by atoms with Crippen LogP contribution in [-0.2, 0) is 0 Å². The molecule has 0 aliphatic rings. The Hall–Kier alpha value is 0.611. The van der Waals surface area contributed by atoms with E-state index in [9.17, 15) is 0 Å². The van der Waals surface area contributed by atoms with Gasteiger partial charge in [-0.15, -0.1) is 0 Å². The second kappa shape index (κ2) is 8.13. The fourth-order valence-electron chi connectivity index (χ4n) is 5.09. The monoisotopic (exact) mass is 359 g/mol. The molecule has 0 saturated heterocycles. The van der Waals surface area contributed by atoms with E-state index in [-0.39, 0.29) is 0 Å². The van der Waals surface area contributed by atoms with Gasteiger partial charge in [-0.2, -0.15) is 0 Å². The van der Waals surface area contributed by atoms with Gasteiger partial charge in [-0.25, -0.2) is 0 Å². The Morgan fingerprint density at radius 2 is 0.955 bits per heavy atom. The van der Waals surface area contributed by atoms with Crippen molar-refractivity contribution < 1.29 is 0 Å². The molecule has 0 radical (unpaired) electrons. The number of nitrogens with zero attached hydrogens (tertiary/aromatic N) is 1. The maximum atomic E-state index is 2.97. The third-order valence-electron chi connectivity index (χ3n) is 5.84. The Balaban J connectivity index is 5.09. The molecule has 0 atom stereocenters. The van der Waals surface area contributed by atoms with Crippen molar-refractivity contribution in [3.63, 3.8) is 0 Å². The zero-order valence-electron chi connectivity index (χ0n) is 17.8. The Kier molecular flexibility index (Phi) is 8.35. The summed E-state index contributed by atoms with van der Waals surface area (Å²) in [6.07, 6.45) is 1.43. The van der Waals surface area contributed by atoms with Crippen LogP contribution in [0.4, 0.5) is 0 Å². The predicted octanol–water partition coefficient (Wildman–Crippen LogP) is 7.03. The Morgan fingerprint density at radius 3 is 1.18 bits per heavy atom. The van der Waals surface area contributed by atoms with Crippen LogP contribution in [0.25, 0.3) is 0 Å². The molecule has 0 N–H and O–H groups in total. The van der Waals surface area contributed by atoms with E-state index < -0.39 is 24.5 Å². The average molecular weight is 360 g/mol. The van der Waals surface area contributed by atoms with Crippen molar-refractivity contribution >= 4 is 24.5 Å². The summed E-state index contributed by atoms with van der Waals surface area (Å²) >= 11 is 0. The third-order valence-corrected chi connectivity index (χ3v) is 21.2. The molecule has 0 aromatic carbocycles. The second-order valence-electron chi connectivity index (χ2n) is 10.2. The quantitative estimate of drug-likeness (QED) is 0.399. The molecule has 134 valence electrons. The standard InChI is InChI=1S/C18H45NSi3/c1-16(2)22(17(3)4,18(5)6)15-13-14-19(20(7,8)9)21(10,11)12/h16-18H,13-15H2,1-12H3. The van der Waals surface area contributed by atoms with Crippen molar-refractivity contribution in [2.75, 3.05) is 6.54 Å². The van der Waals surface area contributed by atoms with Crippen LogP contribution in [-0.4, -0.2) is 35.3 Å². The Morgan fingerprint density at radius 1 is 0.636 bits per heavy atom. The maximum absolute atomic E-state index is 2.97. The molecular weight excluding hydrogens is 314 g/mol. The van der Waals surface area contributed by atoms with E-state index in [1.807, 2.05) is 0 Å². The molecule has 22 heavy (non-hydrogen) atoms. The first kappa shape index (κ1) is 22.6. The minimum Gasteiger partial charge on any atom is -0.346 e. The lowest BCUT2D eigenvalue weighted by atomic mass is 10.5. The third kappa shape index (κ3) is 5.60. The molecule has 0 unspecified atom stereocenters. The largest absolute Gasteiger partial charge is 0.346 e. The molecule has 0 heterocycles. The first-order chi connectivity index (χ1) is 9.67. The van der Waals surface area contributed by atoms with Crippen LogP contribution in [0.5, 0.6) is 0 Å². The minimum absolute atomic E-state index is 0.903. The van der Waals surface area contributed by atoms with E-state index in [0.717, 1.165) is 16.6 Å². The van der Waals surface area contributed by atoms with Crippen LogP contribution in [0, 0.1) is 0 Å². The van der Waals surface area contributed by atoms with Crippen LogP contribution in [0.1, 0.15) is 48.0 Å². The number of hydrogen-bond acceptors (Lipinski definition) is 1. The van der Waals surface area contributed by atoms with Gasteiger partial charge < -0.3 is 4.23 Å². The van der Waals surface area contributed by atoms with E-state index in [1.54, 1.807) is 0 Å². The Labute approximate surface area is 145 Å². The van der Waals surface area contributed by atoms with Crippen molar-refractivity contribution in [1.29, 1.82) is 0 Å². The normalized spacial score (nSPS) is 14.7. The highest BCUT2D eigenvalue weighted by atomic mass is 28.4. The highest BCUT2D eigenvalue weighted by Gasteiger charge is 2.42. The lowest BCUT2D eigenvalue weighted by Gasteiger charge is -2.46. The van der Waals surface area contributed by atoms with Gasteiger partial charge in [-0.3, -0.25) is 0 Å². The summed E-state index contributed by atoms with van der Waals surface area (Å²) in [5.41, 5.74) is 2.71. The number of hydrogen-bond donors (Lipinski definition) is 0. The zero-order valence-corrected chi connectivity index (χ0v) is 20.8. The molecule has 0 aromatic heterocycles. The van der Waals surface area contributed by atoms with Gasteiger partial charge in [0.2, 0.25) is 0 Å². The van der Waals surface area contributed by atoms with Crippen LogP contribution >= 0.6 is 0 Å². The van der Waals surface area contributed by atoms with Crippen molar-refractivity contribution in [3.8, 4) is 0 Å². The molecule has 0 rings (SSSR count). The van der Waals surface area contributed by atoms with E-state index in [1.165, 1.54) is 19.0 Å². The maximum Gasteiger partial charge on any atom is 0.112 e. The van der Waals surface area contributed by atoms with Gasteiger partial charge in [0.1, 0.15) is 16.5 Å². The van der Waals surface area contributed by atoms with Crippen LogP contribution in [0.2, 0.25) is 61.9 Å². The molecule has 0 aromatic rings. The summed E-state index contributed by atoms with van der Waals surface area (Å²) in [5, 5.41) is 0. The lowest BCUT2D eigenvalue weighted by molar-refractivity contribution is 0.592. The van der Waals surface area contributed by atoms with Gasteiger partial charge >= 0.3 is 0 Å². The van der Waals surface area contributed by atoms with Gasteiger partial charge in [-0.05, 0) is 13.0 Å². The fourth-order valence-corrected chi connectivity index (χ4v) is 21.3. The SMILES string of the molecule is CC(C)[Si](CCCN([Si](C)(C)C)[Si](C)(C)C)(C(C)C)C(C)C. The molecule has 0 aliphatic heterocycles. The van der Waals surface area contributed by atoms with Gasteiger partial charge in [0.15, 0.2) is 0 Å². The van der Waals surface area contributed by atoms with Crippen LogP contribution in [0.3, 0.4) is 0 Å².